The van der Waals surface area contributed by atoms with Gasteiger partial charge in [0.2, 0.25) is 12.3 Å². The quantitative estimate of drug-likeness (QED) is 0.777. The number of hydrogen-bond donors (Lipinski definition) is 0. The van der Waals surface area contributed by atoms with Crippen molar-refractivity contribution in [3.8, 4) is 0 Å². The molecule has 1 heterocycles. The zero-order valence-electron chi connectivity index (χ0n) is 10.1. The molecule has 1 atom stereocenters. The average Bonchev–Trinajstić information content (AvgIpc) is 2.41. The van der Waals surface area contributed by atoms with Crippen molar-refractivity contribution in [3.63, 3.8) is 0 Å². The number of carbonyl (C=O) groups excluding carboxylic acids is 1. The molecule has 17 heavy (non-hydrogen) atoms. The van der Waals surface area contributed by atoms with Crippen LogP contribution in [0.2, 0.25) is 0 Å². The fourth-order valence-corrected chi connectivity index (χ4v) is 2.48. The van der Waals surface area contributed by atoms with Crippen molar-refractivity contribution in [1.29, 1.82) is 0 Å². The molecule has 0 bridgehead atoms. The van der Waals surface area contributed by atoms with Crippen molar-refractivity contribution in [2.24, 2.45) is 0 Å². The number of aryl methyl sites for hydroxylation is 1. The molecule has 2 rings (SSSR count). The molecule has 0 radical (unpaired) electrons. The number of likely N-dealkylation sites (N-methyl/N-ethyl adjacent to an activating group) is 1. The largest absolute Gasteiger partial charge is 0.314 e. The number of alkyl halides is 2. The van der Waals surface area contributed by atoms with Gasteiger partial charge in [0.25, 0.3) is 0 Å². The molecule has 1 amide bonds. The third kappa shape index (κ3) is 1.72. The summed E-state index contributed by atoms with van der Waals surface area (Å²) in [7, 11) is 1.63. The monoisotopic (exact) mass is 239 g/mol. The Hall–Kier alpha value is -1.45. The van der Waals surface area contributed by atoms with Gasteiger partial charge in [-0.05, 0) is 25.5 Å². The lowest BCUT2D eigenvalue weighted by Gasteiger charge is -2.22. The standard InChI is InChI=1S/C13H15F2NO/c1-8-4-5-10-9(6-8)13(2,7-11(14)15)12(17)16(10)3/h4-6,11H,7H2,1-3H3. The van der Waals surface area contributed by atoms with Gasteiger partial charge in [-0.15, -0.1) is 0 Å². The van der Waals surface area contributed by atoms with Gasteiger partial charge in [-0.25, -0.2) is 8.78 Å². The summed E-state index contributed by atoms with van der Waals surface area (Å²) in [5.74, 6) is -0.251. The van der Waals surface area contributed by atoms with E-state index < -0.39 is 18.3 Å². The maximum absolute atomic E-state index is 12.7. The van der Waals surface area contributed by atoms with E-state index in [0.717, 1.165) is 11.3 Å². The second-order valence-corrected chi connectivity index (χ2v) is 4.81. The second-order valence-electron chi connectivity index (χ2n) is 4.81. The number of halogens is 2. The minimum atomic E-state index is -2.48. The number of amides is 1. The van der Waals surface area contributed by atoms with Crippen LogP contribution in [0.15, 0.2) is 18.2 Å². The Morgan fingerprint density at radius 1 is 1.41 bits per heavy atom. The molecule has 2 nitrogen and oxygen atoms in total. The van der Waals surface area contributed by atoms with Crippen LogP contribution in [0.4, 0.5) is 14.5 Å². The van der Waals surface area contributed by atoms with Crippen LogP contribution in [0, 0.1) is 6.92 Å². The van der Waals surface area contributed by atoms with E-state index in [1.165, 1.54) is 4.90 Å². The molecule has 1 aliphatic rings. The number of carbonyl (C=O) groups is 1. The first kappa shape index (κ1) is 12.0. The molecule has 1 aromatic carbocycles. The van der Waals surface area contributed by atoms with E-state index in [1.807, 2.05) is 25.1 Å². The Morgan fingerprint density at radius 2 is 2.06 bits per heavy atom. The fraction of sp³-hybridized carbons (Fsp3) is 0.462. The Morgan fingerprint density at radius 3 is 2.65 bits per heavy atom. The third-order valence-electron chi connectivity index (χ3n) is 3.45. The van der Waals surface area contributed by atoms with E-state index in [2.05, 4.69) is 0 Å². The first-order valence-corrected chi connectivity index (χ1v) is 5.53. The minimum absolute atomic E-state index is 0.251. The normalized spacial score (nSPS) is 23.4. The van der Waals surface area contributed by atoms with Crippen LogP contribution in [-0.4, -0.2) is 19.4 Å². The summed E-state index contributed by atoms with van der Waals surface area (Å²) in [4.78, 5) is 13.6. The maximum Gasteiger partial charge on any atom is 0.240 e. The van der Waals surface area contributed by atoms with E-state index in [0.29, 0.717) is 5.56 Å². The van der Waals surface area contributed by atoms with Gasteiger partial charge in [0.05, 0.1) is 5.41 Å². The molecule has 1 aromatic rings. The number of fused-ring (bicyclic) bond motifs is 1. The Bertz CT molecular complexity index is 472. The lowest BCUT2D eigenvalue weighted by Crippen LogP contribution is -2.37. The van der Waals surface area contributed by atoms with E-state index in [1.54, 1.807) is 14.0 Å². The van der Waals surface area contributed by atoms with Crippen molar-refractivity contribution < 1.29 is 13.6 Å². The summed E-state index contributed by atoms with van der Waals surface area (Å²) in [6, 6.07) is 5.54. The zero-order valence-corrected chi connectivity index (χ0v) is 10.1. The van der Waals surface area contributed by atoms with Gasteiger partial charge in [0.1, 0.15) is 0 Å². The van der Waals surface area contributed by atoms with Crippen LogP contribution < -0.4 is 4.90 Å². The first-order valence-electron chi connectivity index (χ1n) is 5.53. The summed E-state index contributed by atoms with van der Waals surface area (Å²) >= 11 is 0. The smallest absolute Gasteiger partial charge is 0.240 e. The molecule has 0 N–H and O–H groups in total. The first-order chi connectivity index (χ1) is 7.86. The van der Waals surface area contributed by atoms with E-state index in [9.17, 15) is 13.6 Å². The number of anilines is 1. The van der Waals surface area contributed by atoms with Crippen LogP contribution in [0.25, 0.3) is 0 Å². The molecular formula is C13H15F2NO. The van der Waals surface area contributed by atoms with Gasteiger partial charge < -0.3 is 4.90 Å². The van der Waals surface area contributed by atoms with Gasteiger partial charge in [-0.2, -0.15) is 0 Å². The van der Waals surface area contributed by atoms with Crippen molar-refractivity contribution in [2.75, 3.05) is 11.9 Å². The van der Waals surface area contributed by atoms with Gasteiger partial charge >= 0.3 is 0 Å². The fourth-order valence-electron chi connectivity index (χ4n) is 2.48. The lowest BCUT2D eigenvalue weighted by atomic mass is 9.80. The van der Waals surface area contributed by atoms with Gasteiger partial charge in [0.15, 0.2) is 0 Å². The average molecular weight is 239 g/mol. The molecule has 4 heteroatoms. The van der Waals surface area contributed by atoms with Gasteiger partial charge in [0, 0.05) is 19.2 Å². The van der Waals surface area contributed by atoms with Crippen LogP contribution in [0.3, 0.4) is 0 Å². The number of benzene rings is 1. The third-order valence-corrected chi connectivity index (χ3v) is 3.45. The molecular weight excluding hydrogens is 224 g/mol. The summed E-state index contributed by atoms with van der Waals surface area (Å²) in [6.07, 6.45) is -2.91. The highest BCUT2D eigenvalue weighted by atomic mass is 19.3. The highest BCUT2D eigenvalue weighted by Crippen LogP contribution is 2.44. The molecule has 0 fully saturated rings. The predicted octanol–water partition coefficient (Wildman–Crippen LogP) is 2.88. The van der Waals surface area contributed by atoms with Crippen molar-refractivity contribution in [3.05, 3.63) is 29.3 Å². The molecule has 1 aliphatic heterocycles. The number of rotatable bonds is 2. The van der Waals surface area contributed by atoms with Crippen LogP contribution >= 0.6 is 0 Å². The van der Waals surface area contributed by atoms with Crippen molar-refractivity contribution >= 4 is 11.6 Å². The second kappa shape index (κ2) is 3.79. The van der Waals surface area contributed by atoms with E-state index in [4.69, 9.17) is 0 Å². The van der Waals surface area contributed by atoms with Gasteiger partial charge in [-0.3, -0.25) is 4.79 Å². The topological polar surface area (TPSA) is 20.3 Å². The van der Waals surface area contributed by atoms with Crippen LogP contribution in [0.1, 0.15) is 24.5 Å². The van der Waals surface area contributed by atoms with Crippen LogP contribution in [0.5, 0.6) is 0 Å². The number of hydrogen-bond acceptors (Lipinski definition) is 1. The summed E-state index contributed by atoms with van der Waals surface area (Å²) in [5, 5.41) is 0. The predicted molar refractivity (Wildman–Crippen MR) is 62.6 cm³/mol. The molecule has 0 saturated carbocycles. The maximum atomic E-state index is 12.7. The highest BCUT2D eigenvalue weighted by Gasteiger charge is 2.47. The highest BCUT2D eigenvalue weighted by molar-refractivity contribution is 6.07. The SMILES string of the molecule is Cc1ccc2c(c1)C(C)(CC(F)F)C(=O)N2C. The van der Waals surface area contributed by atoms with Crippen LogP contribution in [-0.2, 0) is 10.2 Å². The number of nitrogens with zero attached hydrogens (tertiary/aromatic N) is 1. The summed E-state index contributed by atoms with van der Waals surface area (Å²) in [6.45, 7) is 3.50. The Labute approximate surface area is 99.2 Å². The van der Waals surface area contributed by atoms with Gasteiger partial charge in [-0.1, -0.05) is 17.7 Å². The lowest BCUT2D eigenvalue weighted by molar-refractivity contribution is -0.123. The Kier molecular flexibility index (Phi) is 2.68. The minimum Gasteiger partial charge on any atom is -0.314 e. The molecule has 0 saturated heterocycles. The van der Waals surface area contributed by atoms with E-state index in [-0.39, 0.29) is 5.91 Å². The molecule has 0 aliphatic carbocycles. The molecule has 0 spiro atoms. The van der Waals surface area contributed by atoms with Crippen molar-refractivity contribution in [2.45, 2.75) is 32.1 Å². The van der Waals surface area contributed by atoms with E-state index >= 15 is 0 Å². The summed E-state index contributed by atoms with van der Waals surface area (Å²) < 4.78 is 25.3. The Balaban J connectivity index is 2.56. The summed E-state index contributed by atoms with van der Waals surface area (Å²) in [5.41, 5.74) is 1.34. The van der Waals surface area contributed by atoms with Crippen molar-refractivity contribution in [1.82, 2.24) is 0 Å². The molecule has 92 valence electrons. The molecule has 0 aromatic heterocycles. The molecule has 1 unspecified atom stereocenters. The zero-order chi connectivity index (χ0) is 12.8.